The van der Waals surface area contributed by atoms with Crippen LogP contribution >= 0.6 is 11.8 Å². The Hall–Kier alpha value is -1.16. The first-order valence-electron chi connectivity index (χ1n) is 5.14. The van der Waals surface area contributed by atoms with E-state index in [-0.39, 0.29) is 0 Å². The number of thioether (sulfide) groups is 1. The van der Waals surface area contributed by atoms with Gasteiger partial charge in [0.2, 0.25) is 0 Å². The fraction of sp³-hybridized carbons (Fsp3) is 0.417. The Bertz CT molecular complexity index is 418. The number of rotatable bonds is 4. The molecule has 0 saturated heterocycles. The molecule has 1 rings (SSSR count). The summed E-state index contributed by atoms with van der Waals surface area (Å²) in [6.07, 6.45) is 3.97. The molecule has 1 aromatic rings. The molecule has 0 aliphatic rings. The normalized spacial score (nSPS) is 13.9. The van der Waals surface area contributed by atoms with Crippen LogP contribution in [0.5, 0.6) is 0 Å². The third kappa shape index (κ3) is 2.50. The fourth-order valence-corrected chi connectivity index (χ4v) is 2.17. The largest absolute Gasteiger partial charge is 0.384 e. The van der Waals surface area contributed by atoms with Crippen molar-refractivity contribution in [1.82, 2.24) is 4.57 Å². The van der Waals surface area contributed by atoms with Crippen molar-refractivity contribution in [3.05, 3.63) is 28.8 Å². The number of aliphatic imine (C=N–C) groups is 1. The summed E-state index contributed by atoms with van der Waals surface area (Å²) in [4.78, 5) is 3.71. The van der Waals surface area contributed by atoms with Gasteiger partial charge in [0, 0.05) is 29.8 Å². The number of hydrogen-bond donors (Lipinski definition) is 1. The Morgan fingerprint density at radius 3 is 2.81 bits per heavy atom. The molecule has 0 aromatic carbocycles. The summed E-state index contributed by atoms with van der Waals surface area (Å²) in [5.74, 6) is 0.452. The van der Waals surface area contributed by atoms with Crippen molar-refractivity contribution in [3.8, 4) is 0 Å². The average Bonchev–Trinajstić information content (AvgIpc) is 2.55. The Morgan fingerprint density at radius 1 is 1.69 bits per heavy atom. The maximum atomic E-state index is 5.67. The maximum Gasteiger partial charge on any atom is 0.124 e. The molecular weight excluding hydrogens is 218 g/mol. The van der Waals surface area contributed by atoms with Gasteiger partial charge in [-0.25, -0.2) is 4.99 Å². The molecule has 0 radical (unpaired) electrons. The topological polar surface area (TPSA) is 43.3 Å². The Morgan fingerprint density at radius 2 is 2.31 bits per heavy atom. The summed E-state index contributed by atoms with van der Waals surface area (Å²) in [5.41, 5.74) is 9.28. The van der Waals surface area contributed by atoms with E-state index in [0.717, 1.165) is 5.69 Å². The van der Waals surface area contributed by atoms with Crippen LogP contribution < -0.4 is 5.73 Å². The molecule has 1 heterocycles. The van der Waals surface area contributed by atoms with Crippen LogP contribution in [0.15, 0.2) is 16.9 Å². The van der Waals surface area contributed by atoms with E-state index in [0.29, 0.717) is 11.1 Å². The number of hydrogen-bond acceptors (Lipinski definition) is 3. The number of aryl methyl sites for hydroxylation is 1. The van der Waals surface area contributed by atoms with E-state index in [4.69, 9.17) is 5.73 Å². The van der Waals surface area contributed by atoms with Gasteiger partial charge in [0.15, 0.2) is 0 Å². The lowest BCUT2D eigenvalue weighted by Crippen LogP contribution is -2.01. The zero-order valence-electron chi connectivity index (χ0n) is 10.3. The average molecular weight is 237 g/mol. The van der Waals surface area contributed by atoms with Crippen molar-refractivity contribution >= 4 is 24.6 Å². The lowest BCUT2D eigenvalue weighted by Gasteiger charge is -2.10. The summed E-state index contributed by atoms with van der Waals surface area (Å²) < 4.78 is 2.16. The second kappa shape index (κ2) is 5.25. The maximum absolute atomic E-state index is 5.67. The molecule has 1 aromatic heterocycles. The van der Waals surface area contributed by atoms with E-state index in [1.807, 2.05) is 17.8 Å². The summed E-state index contributed by atoms with van der Waals surface area (Å²) in [7, 11) is 2.05. The highest BCUT2D eigenvalue weighted by Gasteiger charge is 2.12. The van der Waals surface area contributed by atoms with E-state index in [9.17, 15) is 0 Å². The molecule has 0 fully saturated rings. The van der Waals surface area contributed by atoms with Crippen LogP contribution in [0.1, 0.15) is 29.1 Å². The molecule has 0 saturated carbocycles. The van der Waals surface area contributed by atoms with Gasteiger partial charge >= 0.3 is 0 Å². The summed E-state index contributed by atoms with van der Waals surface area (Å²) in [5, 5.41) is 0.476. The zero-order chi connectivity index (χ0) is 12.3. The van der Waals surface area contributed by atoms with Gasteiger partial charge in [0.05, 0.1) is 0 Å². The minimum absolute atomic E-state index is 0.452. The second-order valence-corrected chi connectivity index (χ2v) is 4.98. The molecule has 88 valence electrons. The SMILES string of the molecule is C=N/C(N)=C\c1c(C)cc(C(C)SC)n1C. The molecule has 0 aliphatic carbocycles. The standard InChI is InChI=1S/C12H19N3S/c1-8-6-11(9(2)16-5)15(4)10(8)7-12(13)14-3/h6-7,9H,3,13H2,1-2,4-5H3/b12-7-. The minimum atomic E-state index is 0.452. The molecule has 1 atom stereocenters. The van der Waals surface area contributed by atoms with Crippen molar-refractivity contribution < 1.29 is 0 Å². The first-order valence-corrected chi connectivity index (χ1v) is 6.43. The first-order chi connectivity index (χ1) is 7.51. The van der Waals surface area contributed by atoms with Crippen LogP contribution in [-0.4, -0.2) is 17.5 Å². The van der Waals surface area contributed by atoms with Gasteiger partial charge in [0.25, 0.3) is 0 Å². The monoisotopic (exact) mass is 237 g/mol. The molecular formula is C12H19N3S. The molecule has 1 unspecified atom stereocenters. The molecule has 0 bridgehead atoms. The van der Waals surface area contributed by atoms with E-state index < -0.39 is 0 Å². The lowest BCUT2D eigenvalue weighted by atomic mass is 10.2. The van der Waals surface area contributed by atoms with Gasteiger partial charge < -0.3 is 10.3 Å². The van der Waals surface area contributed by atoms with Crippen molar-refractivity contribution in [3.63, 3.8) is 0 Å². The van der Waals surface area contributed by atoms with Crippen LogP contribution in [0.2, 0.25) is 0 Å². The summed E-state index contributed by atoms with van der Waals surface area (Å²) >= 11 is 1.83. The number of nitrogens with two attached hydrogens (primary N) is 1. The second-order valence-electron chi connectivity index (χ2n) is 3.80. The first kappa shape index (κ1) is 12.9. The molecule has 4 heteroatoms. The predicted molar refractivity (Wildman–Crippen MR) is 73.8 cm³/mol. The van der Waals surface area contributed by atoms with Crippen molar-refractivity contribution in [2.24, 2.45) is 17.8 Å². The van der Waals surface area contributed by atoms with Gasteiger partial charge in [0.1, 0.15) is 5.82 Å². The van der Waals surface area contributed by atoms with Crippen molar-refractivity contribution in [2.45, 2.75) is 19.1 Å². The highest BCUT2D eigenvalue weighted by Crippen LogP contribution is 2.29. The quantitative estimate of drug-likeness (QED) is 0.818. The third-order valence-electron chi connectivity index (χ3n) is 2.75. The van der Waals surface area contributed by atoms with Crippen LogP contribution in [0.25, 0.3) is 6.08 Å². The van der Waals surface area contributed by atoms with Crippen LogP contribution in [0.3, 0.4) is 0 Å². The van der Waals surface area contributed by atoms with Gasteiger partial charge in [-0.15, -0.1) is 0 Å². The van der Waals surface area contributed by atoms with E-state index >= 15 is 0 Å². The van der Waals surface area contributed by atoms with E-state index in [1.165, 1.54) is 11.3 Å². The van der Waals surface area contributed by atoms with Gasteiger partial charge in [-0.2, -0.15) is 11.8 Å². The fourth-order valence-electron chi connectivity index (χ4n) is 1.70. The van der Waals surface area contributed by atoms with Gasteiger partial charge in [-0.05, 0) is 38.5 Å². The van der Waals surface area contributed by atoms with Crippen LogP contribution in [-0.2, 0) is 7.05 Å². The highest BCUT2D eigenvalue weighted by molar-refractivity contribution is 7.98. The smallest absolute Gasteiger partial charge is 0.124 e. The Kier molecular flexibility index (Phi) is 4.24. The van der Waals surface area contributed by atoms with Crippen molar-refractivity contribution in [1.29, 1.82) is 0 Å². The molecule has 0 amide bonds. The minimum Gasteiger partial charge on any atom is -0.384 e. The summed E-state index contributed by atoms with van der Waals surface area (Å²) in [6, 6.07) is 2.20. The number of aromatic nitrogens is 1. The lowest BCUT2D eigenvalue weighted by molar-refractivity contribution is 0.819. The van der Waals surface area contributed by atoms with Gasteiger partial charge in [-0.3, -0.25) is 0 Å². The highest BCUT2D eigenvalue weighted by atomic mass is 32.2. The van der Waals surface area contributed by atoms with Crippen LogP contribution in [0.4, 0.5) is 0 Å². The van der Waals surface area contributed by atoms with Crippen molar-refractivity contribution in [2.75, 3.05) is 6.26 Å². The molecule has 16 heavy (non-hydrogen) atoms. The predicted octanol–water partition coefficient (Wildman–Crippen LogP) is 2.72. The molecule has 0 aliphatic heterocycles. The zero-order valence-corrected chi connectivity index (χ0v) is 11.1. The van der Waals surface area contributed by atoms with E-state index in [2.05, 4.69) is 49.5 Å². The Balaban J connectivity index is 3.22. The number of nitrogens with zero attached hydrogens (tertiary/aromatic N) is 2. The molecule has 2 N–H and O–H groups in total. The summed E-state index contributed by atoms with van der Waals surface area (Å²) in [6.45, 7) is 7.70. The molecule has 0 spiro atoms. The van der Waals surface area contributed by atoms with Gasteiger partial charge in [-0.1, -0.05) is 0 Å². The molecule has 3 nitrogen and oxygen atoms in total. The van der Waals surface area contributed by atoms with Crippen LogP contribution in [0, 0.1) is 6.92 Å². The Labute approximate surface area is 101 Å². The third-order valence-corrected chi connectivity index (χ3v) is 3.70. The van der Waals surface area contributed by atoms with E-state index in [1.54, 1.807) is 0 Å².